The van der Waals surface area contributed by atoms with Crippen LogP contribution >= 0.6 is 27.3 Å². The van der Waals surface area contributed by atoms with Crippen LogP contribution in [0, 0.1) is 5.82 Å². The molecule has 0 saturated carbocycles. The lowest BCUT2D eigenvalue weighted by Crippen LogP contribution is -2.46. The van der Waals surface area contributed by atoms with E-state index in [4.69, 9.17) is 9.73 Å². The number of nitrogens with zero attached hydrogens (tertiary/aromatic N) is 4. The Bertz CT molecular complexity index is 1210. The Morgan fingerprint density at radius 2 is 2.19 bits per heavy atom. The molecule has 1 amide bonds. The molecule has 0 bridgehead atoms. The summed E-state index contributed by atoms with van der Waals surface area (Å²) in [6.45, 7) is 4.33. The lowest BCUT2D eigenvalue weighted by Gasteiger charge is -2.39. The van der Waals surface area contributed by atoms with Crippen molar-refractivity contribution in [3.8, 4) is 0 Å². The van der Waals surface area contributed by atoms with E-state index >= 15 is 0 Å². The number of aliphatic carboxylic acids is 1. The zero-order chi connectivity index (χ0) is 26.5. The number of amides is 1. The van der Waals surface area contributed by atoms with Crippen LogP contribution in [0.15, 0.2) is 50.5 Å². The maximum absolute atomic E-state index is 14.0. The number of carbonyl (C=O) groups excluding carboxylic acids is 1. The number of benzene rings is 1. The number of aromatic nitrogens is 1. The molecule has 4 rings (SSSR count). The number of amidine groups is 1. The molecule has 2 aliphatic rings. The minimum absolute atomic E-state index is 0.0473. The van der Waals surface area contributed by atoms with Crippen LogP contribution < -0.4 is 5.32 Å². The molecule has 2 aromatic rings. The van der Waals surface area contributed by atoms with Gasteiger partial charge >= 0.3 is 5.97 Å². The molecule has 2 N–H and O–H groups in total. The van der Waals surface area contributed by atoms with Crippen molar-refractivity contribution in [1.29, 1.82) is 0 Å². The summed E-state index contributed by atoms with van der Waals surface area (Å²) in [6, 6.07) is 3.59. The number of nitrogens with one attached hydrogen (secondary N) is 1. The molecule has 3 heterocycles. The standard InChI is InChI=1S/C25H29BrFN5O4S/c1-3-32-22(17-6-4-15(27)12-18(17)26)21(25(34)35)19(30-23(32)24-29-8-11-37-24)14-31-9-10-36-16(13-31)5-7-20(33)28-2/h4,6,8,11-12,16,22H,3,5,7,9-10,13-14H2,1-2H3,(H,28,33)(H,34,35). The van der Waals surface area contributed by atoms with Crippen LogP contribution in [0.2, 0.25) is 0 Å². The smallest absolute Gasteiger partial charge is 0.335 e. The first-order valence-electron chi connectivity index (χ1n) is 12.0. The summed E-state index contributed by atoms with van der Waals surface area (Å²) in [5.41, 5.74) is 1.20. The van der Waals surface area contributed by atoms with Crippen molar-refractivity contribution in [2.24, 2.45) is 4.99 Å². The average molecular weight is 595 g/mol. The first kappa shape index (κ1) is 27.4. The summed E-state index contributed by atoms with van der Waals surface area (Å²) in [7, 11) is 1.60. The SMILES string of the molecule is CCN1C(c2nccs2)=NC(CN2CCOC(CCC(=O)NC)C2)=C(C(=O)O)C1c1ccc(F)cc1Br. The van der Waals surface area contributed by atoms with Gasteiger partial charge in [-0.25, -0.2) is 19.2 Å². The summed E-state index contributed by atoms with van der Waals surface area (Å²) in [4.78, 5) is 37.8. The number of rotatable bonds is 9. The van der Waals surface area contributed by atoms with E-state index in [2.05, 4.69) is 31.1 Å². The molecule has 37 heavy (non-hydrogen) atoms. The number of aliphatic imine (C=N–C) groups is 1. The van der Waals surface area contributed by atoms with Crippen LogP contribution in [0.25, 0.3) is 0 Å². The van der Waals surface area contributed by atoms with Crippen LogP contribution in [0.5, 0.6) is 0 Å². The first-order valence-corrected chi connectivity index (χ1v) is 13.7. The van der Waals surface area contributed by atoms with Crippen LogP contribution in [-0.4, -0.2) is 83.5 Å². The number of thiazole rings is 1. The number of morpholine rings is 1. The molecule has 1 aromatic heterocycles. The molecular weight excluding hydrogens is 565 g/mol. The van der Waals surface area contributed by atoms with Gasteiger partial charge in [0.25, 0.3) is 0 Å². The summed E-state index contributed by atoms with van der Waals surface area (Å²) < 4.78 is 20.3. The Balaban J connectivity index is 1.74. The van der Waals surface area contributed by atoms with Gasteiger partial charge in [0.2, 0.25) is 5.91 Å². The second kappa shape index (κ2) is 12.2. The van der Waals surface area contributed by atoms with Crippen molar-refractivity contribution < 1.29 is 23.8 Å². The van der Waals surface area contributed by atoms with E-state index in [9.17, 15) is 19.1 Å². The third-order valence-electron chi connectivity index (χ3n) is 6.43. The topological polar surface area (TPSA) is 107 Å². The molecule has 2 atom stereocenters. The van der Waals surface area contributed by atoms with Gasteiger partial charge in [0.1, 0.15) is 5.82 Å². The maximum atomic E-state index is 14.0. The van der Waals surface area contributed by atoms with Crippen LogP contribution in [-0.2, 0) is 14.3 Å². The summed E-state index contributed by atoms with van der Waals surface area (Å²) in [5, 5.41) is 15.6. The Hall–Kier alpha value is -2.67. The van der Waals surface area contributed by atoms with E-state index in [0.29, 0.717) is 72.2 Å². The number of ether oxygens (including phenoxy) is 1. The highest BCUT2D eigenvalue weighted by Crippen LogP contribution is 2.40. The summed E-state index contributed by atoms with van der Waals surface area (Å²) >= 11 is 4.88. The fraction of sp³-hybridized carbons (Fsp3) is 0.440. The van der Waals surface area contributed by atoms with E-state index in [1.165, 1.54) is 23.5 Å². The minimum Gasteiger partial charge on any atom is -0.478 e. The monoisotopic (exact) mass is 593 g/mol. The van der Waals surface area contributed by atoms with E-state index in [1.54, 1.807) is 19.3 Å². The molecule has 198 valence electrons. The molecule has 12 heteroatoms. The van der Waals surface area contributed by atoms with E-state index in [1.807, 2.05) is 17.2 Å². The summed E-state index contributed by atoms with van der Waals surface area (Å²) in [5.74, 6) is -0.960. The van der Waals surface area contributed by atoms with Crippen molar-refractivity contribution in [3.05, 3.63) is 61.9 Å². The highest BCUT2D eigenvalue weighted by molar-refractivity contribution is 9.10. The van der Waals surface area contributed by atoms with Gasteiger partial charge in [-0.15, -0.1) is 11.3 Å². The van der Waals surface area contributed by atoms with E-state index in [0.717, 1.165) is 0 Å². The molecular formula is C25H29BrFN5O4S. The third kappa shape index (κ3) is 6.25. The minimum atomic E-state index is -1.08. The molecule has 2 aliphatic heterocycles. The number of carbonyl (C=O) groups is 2. The third-order valence-corrected chi connectivity index (χ3v) is 7.89. The van der Waals surface area contributed by atoms with Crippen molar-refractivity contribution in [1.82, 2.24) is 20.1 Å². The van der Waals surface area contributed by atoms with Gasteiger partial charge in [0.05, 0.1) is 30.0 Å². The number of carboxylic acids is 1. The number of carboxylic acid groups (broad SMARTS) is 1. The second-order valence-corrected chi connectivity index (χ2v) is 10.5. The van der Waals surface area contributed by atoms with Gasteiger partial charge in [0.15, 0.2) is 10.8 Å². The van der Waals surface area contributed by atoms with Gasteiger partial charge in [-0.1, -0.05) is 22.0 Å². The van der Waals surface area contributed by atoms with Crippen molar-refractivity contribution >= 4 is 45.0 Å². The van der Waals surface area contributed by atoms with Gasteiger partial charge in [0, 0.05) is 55.7 Å². The Morgan fingerprint density at radius 1 is 1.38 bits per heavy atom. The van der Waals surface area contributed by atoms with Gasteiger partial charge in [-0.2, -0.15) is 0 Å². The maximum Gasteiger partial charge on any atom is 0.335 e. The fourth-order valence-corrected chi connectivity index (χ4v) is 5.87. The number of halogens is 2. The largest absolute Gasteiger partial charge is 0.478 e. The first-order chi connectivity index (χ1) is 17.8. The molecule has 0 aliphatic carbocycles. The molecule has 2 unspecified atom stereocenters. The van der Waals surface area contributed by atoms with Crippen LogP contribution in [0.4, 0.5) is 4.39 Å². The lowest BCUT2D eigenvalue weighted by atomic mass is 9.93. The van der Waals surface area contributed by atoms with E-state index < -0.39 is 17.8 Å². The normalized spacial score (nSPS) is 20.6. The zero-order valence-corrected chi connectivity index (χ0v) is 23.0. The zero-order valence-electron chi connectivity index (χ0n) is 20.6. The average Bonchev–Trinajstić information content (AvgIpc) is 3.41. The molecule has 1 fully saturated rings. The predicted molar refractivity (Wildman–Crippen MR) is 142 cm³/mol. The van der Waals surface area contributed by atoms with Crippen LogP contribution in [0.3, 0.4) is 0 Å². The van der Waals surface area contributed by atoms with Crippen molar-refractivity contribution in [3.63, 3.8) is 0 Å². The second-order valence-electron chi connectivity index (χ2n) is 8.73. The quantitative estimate of drug-likeness (QED) is 0.458. The van der Waals surface area contributed by atoms with Crippen LogP contribution in [0.1, 0.15) is 36.4 Å². The summed E-state index contributed by atoms with van der Waals surface area (Å²) in [6.07, 6.45) is 2.48. The molecule has 1 saturated heterocycles. The highest BCUT2D eigenvalue weighted by atomic mass is 79.9. The Labute approximate surface area is 227 Å². The Morgan fingerprint density at radius 3 is 2.84 bits per heavy atom. The number of hydrogen-bond donors (Lipinski definition) is 2. The van der Waals surface area contributed by atoms with Gasteiger partial charge in [-0.3, -0.25) is 9.69 Å². The molecule has 9 nitrogen and oxygen atoms in total. The number of likely N-dealkylation sites (N-methyl/N-ethyl adjacent to an activating group) is 1. The predicted octanol–water partition coefficient (Wildman–Crippen LogP) is 3.43. The van der Waals surface area contributed by atoms with E-state index in [-0.39, 0.29) is 17.6 Å². The lowest BCUT2D eigenvalue weighted by molar-refractivity contribution is -0.133. The van der Waals surface area contributed by atoms with Crippen molar-refractivity contribution in [2.75, 3.05) is 39.8 Å². The fourth-order valence-electron chi connectivity index (χ4n) is 4.66. The molecule has 0 spiro atoms. The molecule has 0 radical (unpaired) electrons. The highest BCUT2D eigenvalue weighted by Gasteiger charge is 2.39. The number of hydrogen-bond acceptors (Lipinski definition) is 8. The van der Waals surface area contributed by atoms with Crippen molar-refractivity contribution in [2.45, 2.75) is 31.9 Å². The molecule has 1 aromatic carbocycles. The van der Waals surface area contributed by atoms with Gasteiger partial charge in [-0.05, 0) is 31.0 Å². The van der Waals surface area contributed by atoms with Gasteiger partial charge < -0.3 is 20.1 Å². The Kier molecular flexibility index (Phi) is 9.06.